The normalized spacial score (nSPS) is 16.5. The second-order valence-electron chi connectivity index (χ2n) is 4.49. The summed E-state index contributed by atoms with van der Waals surface area (Å²) >= 11 is 0. The van der Waals surface area contributed by atoms with E-state index >= 15 is 0 Å². The Labute approximate surface area is 108 Å². The van der Waals surface area contributed by atoms with Crippen molar-refractivity contribution in [3.63, 3.8) is 0 Å². The van der Waals surface area contributed by atoms with Crippen molar-refractivity contribution in [3.8, 4) is 5.75 Å². The molecule has 0 spiro atoms. The Kier molecular flexibility index (Phi) is 4.59. The van der Waals surface area contributed by atoms with Gasteiger partial charge in [0, 0.05) is 31.3 Å². The van der Waals surface area contributed by atoms with Crippen LogP contribution in [0, 0.1) is 0 Å². The Hall–Kier alpha value is -1.55. The second kappa shape index (κ2) is 6.40. The summed E-state index contributed by atoms with van der Waals surface area (Å²) in [6.07, 6.45) is 3.85. The maximum Gasteiger partial charge on any atom is 0.226 e. The van der Waals surface area contributed by atoms with Crippen LogP contribution in [0.4, 0.5) is 5.69 Å². The number of nitrogens with two attached hydrogens (primary N) is 1. The van der Waals surface area contributed by atoms with Crippen LogP contribution in [0.3, 0.4) is 0 Å². The molecule has 1 saturated heterocycles. The maximum absolute atomic E-state index is 12.0. The Morgan fingerprint density at radius 1 is 1.28 bits per heavy atom. The molecule has 0 bridgehead atoms. The minimum absolute atomic E-state index is 0.212. The van der Waals surface area contributed by atoms with Gasteiger partial charge in [0.1, 0.15) is 12.4 Å². The first-order chi connectivity index (χ1) is 8.81. The van der Waals surface area contributed by atoms with Crippen molar-refractivity contribution in [2.45, 2.75) is 25.7 Å². The fourth-order valence-corrected chi connectivity index (χ4v) is 2.17. The van der Waals surface area contributed by atoms with Gasteiger partial charge in [0.05, 0.1) is 0 Å². The van der Waals surface area contributed by atoms with Crippen molar-refractivity contribution in [3.05, 3.63) is 24.3 Å². The number of ether oxygens (including phenoxy) is 1. The molecule has 1 aliphatic rings. The number of anilines is 1. The average molecular weight is 248 g/mol. The molecule has 4 nitrogen and oxygen atoms in total. The van der Waals surface area contributed by atoms with Crippen LogP contribution in [0.25, 0.3) is 0 Å². The number of benzene rings is 1. The lowest BCUT2D eigenvalue weighted by atomic mass is 10.2. The monoisotopic (exact) mass is 248 g/mol. The lowest BCUT2D eigenvalue weighted by Crippen LogP contribution is -2.29. The van der Waals surface area contributed by atoms with Crippen molar-refractivity contribution >= 4 is 11.6 Å². The van der Waals surface area contributed by atoms with Gasteiger partial charge in [0.2, 0.25) is 5.91 Å². The highest BCUT2D eigenvalue weighted by Gasteiger charge is 2.18. The van der Waals surface area contributed by atoms with E-state index in [1.165, 1.54) is 0 Å². The van der Waals surface area contributed by atoms with E-state index in [1.54, 1.807) is 0 Å². The molecule has 0 aromatic heterocycles. The molecule has 2 N–H and O–H groups in total. The molecule has 0 atom stereocenters. The molecule has 1 amide bonds. The van der Waals surface area contributed by atoms with Crippen LogP contribution in [0.5, 0.6) is 5.75 Å². The zero-order chi connectivity index (χ0) is 12.8. The summed E-state index contributed by atoms with van der Waals surface area (Å²) in [7, 11) is 0. The molecular weight excluding hydrogens is 228 g/mol. The zero-order valence-corrected chi connectivity index (χ0v) is 10.6. The van der Waals surface area contributed by atoms with Gasteiger partial charge in [0.15, 0.2) is 0 Å². The van der Waals surface area contributed by atoms with Crippen LogP contribution in [0.15, 0.2) is 24.3 Å². The minimum Gasteiger partial charge on any atom is -0.492 e. The van der Waals surface area contributed by atoms with Crippen LogP contribution in [0.2, 0.25) is 0 Å². The zero-order valence-electron chi connectivity index (χ0n) is 10.6. The number of hydrogen-bond donors (Lipinski definition) is 1. The highest BCUT2D eigenvalue weighted by Crippen LogP contribution is 2.24. The van der Waals surface area contributed by atoms with Crippen LogP contribution >= 0.6 is 0 Å². The lowest BCUT2D eigenvalue weighted by molar-refractivity contribution is -0.118. The predicted octanol–water partition coefficient (Wildman–Crippen LogP) is 1.93. The highest BCUT2D eigenvalue weighted by atomic mass is 16.5. The third-order valence-corrected chi connectivity index (χ3v) is 3.09. The van der Waals surface area contributed by atoms with E-state index in [0.717, 1.165) is 37.2 Å². The summed E-state index contributed by atoms with van der Waals surface area (Å²) < 4.78 is 5.49. The molecular formula is C14H20N2O2. The molecule has 0 aliphatic carbocycles. The number of amides is 1. The van der Waals surface area contributed by atoms with Crippen molar-refractivity contribution in [2.75, 3.05) is 24.6 Å². The number of hydrogen-bond acceptors (Lipinski definition) is 3. The molecule has 18 heavy (non-hydrogen) atoms. The fourth-order valence-electron chi connectivity index (χ4n) is 2.17. The molecule has 1 heterocycles. The van der Waals surface area contributed by atoms with Crippen molar-refractivity contribution in [1.29, 1.82) is 0 Å². The van der Waals surface area contributed by atoms with Gasteiger partial charge >= 0.3 is 0 Å². The van der Waals surface area contributed by atoms with Crippen LogP contribution in [-0.4, -0.2) is 25.6 Å². The molecule has 0 unspecified atom stereocenters. The van der Waals surface area contributed by atoms with E-state index in [9.17, 15) is 4.79 Å². The van der Waals surface area contributed by atoms with E-state index < -0.39 is 0 Å². The van der Waals surface area contributed by atoms with Crippen molar-refractivity contribution in [1.82, 2.24) is 0 Å². The Morgan fingerprint density at radius 2 is 2.17 bits per heavy atom. The first kappa shape index (κ1) is 12.9. The van der Waals surface area contributed by atoms with Gasteiger partial charge in [-0.05, 0) is 25.0 Å². The summed E-state index contributed by atoms with van der Waals surface area (Å²) in [6.45, 7) is 1.80. The van der Waals surface area contributed by atoms with Crippen molar-refractivity contribution in [2.24, 2.45) is 5.73 Å². The Balaban J connectivity index is 2.13. The fraction of sp³-hybridized carbons (Fsp3) is 0.500. The van der Waals surface area contributed by atoms with Crippen molar-refractivity contribution < 1.29 is 9.53 Å². The van der Waals surface area contributed by atoms with E-state index in [1.807, 2.05) is 29.2 Å². The van der Waals surface area contributed by atoms with Gasteiger partial charge in [-0.3, -0.25) is 4.79 Å². The van der Waals surface area contributed by atoms with Crippen LogP contribution in [-0.2, 0) is 4.79 Å². The molecule has 1 aromatic rings. The molecule has 2 rings (SSSR count). The third kappa shape index (κ3) is 3.23. The van der Waals surface area contributed by atoms with Gasteiger partial charge in [-0.15, -0.1) is 0 Å². The topological polar surface area (TPSA) is 55.6 Å². The molecule has 0 saturated carbocycles. The van der Waals surface area contributed by atoms with Gasteiger partial charge in [-0.25, -0.2) is 0 Å². The SMILES string of the molecule is NCCOc1cccc(N2CCCCCC2=O)c1. The number of nitrogens with zero attached hydrogens (tertiary/aromatic N) is 1. The highest BCUT2D eigenvalue weighted by molar-refractivity contribution is 5.93. The van der Waals surface area contributed by atoms with Gasteiger partial charge in [-0.1, -0.05) is 12.5 Å². The molecule has 4 heteroatoms. The maximum atomic E-state index is 12.0. The molecule has 1 aliphatic heterocycles. The lowest BCUT2D eigenvalue weighted by Gasteiger charge is -2.21. The summed E-state index contributed by atoms with van der Waals surface area (Å²) in [5, 5.41) is 0. The van der Waals surface area contributed by atoms with Crippen LogP contribution < -0.4 is 15.4 Å². The Bertz CT molecular complexity index is 407. The second-order valence-corrected chi connectivity index (χ2v) is 4.49. The largest absolute Gasteiger partial charge is 0.492 e. The average Bonchev–Trinajstić information content (AvgIpc) is 2.61. The van der Waals surface area contributed by atoms with Gasteiger partial charge in [-0.2, -0.15) is 0 Å². The van der Waals surface area contributed by atoms with E-state index in [4.69, 9.17) is 10.5 Å². The summed E-state index contributed by atoms with van der Waals surface area (Å²) in [6, 6.07) is 7.68. The van der Waals surface area contributed by atoms with Gasteiger partial charge in [0.25, 0.3) is 0 Å². The van der Waals surface area contributed by atoms with Crippen LogP contribution in [0.1, 0.15) is 25.7 Å². The summed E-state index contributed by atoms with van der Waals surface area (Å²) in [5.41, 5.74) is 6.34. The molecule has 1 fully saturated rings. The Morgan fingerprint density at radius 3 is 3.00 bits per heavy atom. The first-order valence-electron chi connectivity index (χ1n) is 6.54. The number of carbonyl (C=O) groups excluding carboxylic acids is 1. The molecule has 1 aromatic carbocycles. The first-order valence-corrected chi connectivity index (χ1v) is 6.54. The number of rotatable bonds is 4. The minimum atomic E-state index is 0.212. The van der Waals surface area contributed by atoms with E-state index in [-0.39, 0.29) is 5.91 Å². The predicted molar refractivity (Wildman–Crippen MR) is 71.8 cm³/mol. The molecule has 0 radical (unpaired) electrons. The molecule has 98 valence electrons. The standard InChI is InChI=1S/C14H20N2O2/c15-8-10-18-13-6-4-5-12(11-13)16-9-3-1-2-7-14(16)17/h4-6,11H,1-3,7-10,15H2. The van der Waals surface area contributed by atoms with Gasteiger partial charge < -0.3 is 15.4 Å². The third-order valence-electron chi connectivity index (χ3n) is 3.09. The van der Waals surface area contributed by atoms with E-state index in [0.29, 0.717) is 19.6 Å². The number of carbonyl (C=O) groups is 1. The van der Waals surface area contributed by atoms with E-state index in [2.05, 4.69) is 0 Å². The summed E-state index contributed by atoms with van der Waals surface area (Å²) in [4.78, 5) is 13.9. The smallest absolute Gasteiger partial charge is 0.226 e. The summed E-state index contributed by atoms with van der Waals surface area (Å²) in [5.74, 6) is 0.985. The quantitative estimate of drug-likeness (QED) is 0.885.